The molecule has 230 valence electrons. The van der Waals surface area contributed by atoms with Gasteiger partial charge in [0.2, 0.25) is 0 Å². The summed E-state index contributed by atoms with van der Waals surface area (Å²) in [6.07, 6.45) is 4.77. The van der Waals surface area contributed by atoms with Crippen molar-refractivity contribution < 1.29 is 0 Å². The van der Waals surface area contributed by atoms with E-state index in [1.807, 2.05) is 0 Å². The van der Waals surface area contributed by atoms with Crippen molar-refractivity contribution in [3.05, 3.63) is 80.4 Å². The topological polar surface area (TPSA) is 24.1 Å². The van der Waals surface area contributed by atoms with Crippen LogP contribution in [0.3, 0.4) is 0 Å². The minimum Gasteiger partial charge on any atom is -0.321 e. The molecular weight excluding hydrogens is 532 g/mol. The van der Waals surface area contributed by atoms with Gasteiger partial charge in [0.1, 0.15) is 0 Å². The van der Waals surface area contributed by atoms with Crippen molar-refractivity contribution in [2.45, 2.75) is 119 Å². The molecule has 2 N–H and O–H groups in total. The summed E-state index contributed by atoms with van der Waals surface area (Å²) in [4.78, 5) is 0. The van der Waals surface area contributed by atoms with E-state index in [4.69, 9.17) is 0 Å². The minimum atomic E-state index is -0.0500. The average Bonchev–Trinajstić information content (AvgIpc) is 3.61. The molecule has 0 spiro atoms. The summed E-state index contributed by atoms with van der Waals surface area (Å²) < 4.78 is 0. The third-order valence-electron chi connectivity index (χ3n) is 11.9. The van der Waals surface area contributed by atoms with Gasteiger partial charge in [0, 0.05) is 22.9 Å². The van der Waals surface area contributed by atoms with E-state index in [1.165, 1.54) is 88.1 Å². The van der Waals surface area contributed by atoms with Crippen LogP contribution in [0.4, 0.5) is 0 Å². The first-order valence-electron chi connectivity index (χ1n) is 17.3. The summed E-state index contributed by atoms with van der Waals surface area (Å²) in [5.41, 5.74) is 23.3. The van der Waals surface area contributed by atoms with Gasteiger partial charge in [0.05, 0.1) is 5.70 Å². The van der Waals surface area contributed by atoms with E-state index in [2.05, 4.69) is 124 Å². The van der Waals surface area contributed by atoms with Gasteiger partial charge in [-0.1, -0.05) is 87.8 Å². The number of hydrogen-bond donors (Lipinski definition) is 2. The summed E-state index contributed by atoms with van der Waals surface area (Å²) in [6.45, 7) is 29.7. The van der Waals surface area contributed by atoms with Crippen molar-refractivity contribution in [2.75, 3.05) is 6.54 Å². The van der Waals surface area contributed by atoms with E-state index in [-0.39, 0.29) is 10.8 Å². The lowest BCUT2D eigenvalue weighted by atomic mass is 9.75. The van der Waals surface area contributed by atoms with Gasteiger partial charge in [0.25, 0.3) is 0 Å². The zero-order valence-corrected chi connectivity index (χ0v) is 29.2. The Labute approximate surface area is 265 Å². The van der Waals surface area contributed by atoms with Gasteiger partial charge in [-0.3, -0.25) is 0 Å². The van der Waals surface area contributed by atoms with Crippen LogP contribution < -0.4 is 10.9 Å². The van der Waals surface area contributed by atoms with Gasteiger partial charge in [0.15, 0.2) is 0 Å². The molecule has 0 bridgehead atoms. The number of hydrogen-bond acceptors (Lipinski definition) is 2. The second-order valence-corrected chi connectivity index (χ2v) is 15.8. The molecule has 4 aromatic rings. The lowest BCUT2D eigenvalue weighted by Gasteiger charge is -2.29. The third kappa shape index (κ3) is 3.70. The molecule has 1 aliphatic heterocycles. The van der Waals surface area contributed by atoms with Crippen molar-refractivity contribution in [2.24, 2.45) is 5.92 Å². The standard InChI is InChI=1S/C42H52N2/c1-13-23(7)15-31-35(24(8)14-2)38-29-16-25(21(3)4)28-19-33-39(40-34(20-43-44-40)42(33,11)12)30-17-26(22(5)6)27(36(29)37(28)30)18-32(38)41(31,9)10/h15-19,21-22,24,43-44H,13-14,20H2,1-12H3/b23-15-. The van der Waals surface area contributed by atoms with E-state index in [0.29, 0.717) is 17.8 Å². The Morgan fingerprint density at radius 1 is 0.773 bits per heavy atom. The van der Waals surface area contributed by atoms with Crippen molar-refractivity contribution in [1.82, 2.24) is 10.9 Å². The normalized spacial score (nSPS) is 19.7. The Kier molecular flexibility index (Phi) is 6.53. The molecular formula is C42H52N2. The minimum absolute atomic E-state index is 0.00598. The number of nitrogens with one attached hydrogen (secondary N) is 2. The van der Waals surface area contributed by atoms with Crippen LogP contribution in [-0.4, -0.2) is 6.54 Å². The summed E-state index contributed by atoms with van der Waals surface area (Å²) in [7, 11) is 0. The molecule has 4 aromatic carbocycles. The number of benzene rings is 4. The Bertz CT molecular complexity index is 1970. The van der Waals surface area contributed by atoms with Gasteiger partial charge in [-0.2, -0.15) is 0 Å². The molecule has 0 fully saturated rings. The van der Waals surface area contributed by atoms with Gasteiger partial charge < -0.3 is 5.43 Å². The largest absolute Gasteiger partial charge is 0.321 e. The molecule has 0 amide bonds. The van der Waals surface area contributed by atoms with Crippen LogP contribution in [0.5, 0.6) is 0 Å². The first-order chi connectivity index (χ1) is 20.7. The van der Waals surface area contributed by atoms with Crippen LogP contribution >= 0.6 is 0 Å². The summed E-state index contributed by atoms with van der Waals surface area (Å²) in [5, 5.41) is 8.78. The smallest absolute Gasteiger partial charge is 0.0583 e. The molecule has 0 saturated heterocycles. The lowest BCUT2D eigenvalue weighted by molar-refractivity contribution is 0.602. The molecule has 44 heavy (non-hydrogen) atoms. The molecule has 1 atom stereocenters. The zero-order valence-electron chi connectivity index (χ0n) is 29.2. The van der Waals surface area contributed by atoms with Crippen molar-refractivity contribution in [3.8, 4) is 0 Å². The molecule has 0 radical (unpaired) electrons. The molecule has 2 nitrogen and oxygen atoms in total. The lowest BCUT2D eigenvalue weighted by Crippen LogP contribution is -2.28. The maximum Gasteiger partial charge on any atom is 0.0583 e. The van der Waals surface area contributed by atoms with Crippen LogP contribution in [0.15, 0.2) is 47.1 Å². The van der Waals surface area contributed by atoms with Gasteiger partial charge in [-0.25, -0.2) is 5.43 Å². The highest BCUT2D eigenvalue weighted by atomic mass is 15.4. The highest BCUT2D eigenvalue weighted by Crippen LogP contribution is 2.58. The highest BCUT2D eigenvalue weighted by Gasteiger charge is 2.43. The molecule has 2 heteroatoms. The second kappa shape index (κ2) is 9.70. The monoisotopic (exact) mass is 584 g/mol. The Hall–Kier alpha value is -3.10. The first-order valence-corrected chi connectivity index (χ1v) is 17.3. The molecule has 1 heterocycles. The zero-order chi connectivity index (χ0) is 31.6. The summed E-state index contributed by atoms with van der Waals surface area (Å²) >= 11 is 0. The van der Waals surface area contributed by atoms with E-state index in [9.17, 15) is 0 Å². The van der Waals surface area contributed by atoms with E-state index < -0.39 is 0 Å². The molecule has 1 unspecified atom stereocenters. The second-order valence-electron chi connectivity index (χ2n) is 15.8. The summed E-state index contributed by atoms with van der Waals surface area (Å²) in [6, 6.07) is 10.4. The molecule has 2 aliphatic carbocycles. The number of hydrazine groups is 1. The van der Waals surface area contributed by atoms with Gasteiger partial charge in [-0.15, -0.1) is 0 Å². The van der Waals surface area contributed by atoms with Crippen LogP contribution in [0.2, 0.25) is 0 Å². The summed E-state index contributed by atoms with van der Waals surface area (Å²) in [5.74, 6) is 1.34. The van der Waals surface area contributed by atoms with Crippen molar-refractivity contribution >= 4 is 43.6 Å². The number of allylic oxidation sites excluding steroid dienone is 4. The number of fused-ring (bicyclic) bond motifs is 5. The fraction of sp³-hybridized carbons (Fsp3) is 0.476. The first kappa shape index (κ1) is 29.6. The average molecular weight is 585 g/mol. The fourth-order valence-corrected chi connectivity index (χ4v) is 8.89. The van der Waals surface area contributed by atoms with E-state index in [0.717, 1.165) is 19.4 Å². The molecule has 3 aliphatic rings. The van der Waals surface area contributed by atoms with Gasteiger partial charge >= 0.3 is 0 Å². The fourth-order valence-electron chi connectivity index (χ4n) is 8.89. The maximum atomic E-state index is 3.62. The quantitative estimate of drug-likeness (QED) is 0.220. The van der Waals surface area contributed by atoms with Gasteiger partial charge in [-0.05, 0) is 139 Å². The SMILES string of the molecule is CC/C(C)=C\C1=C(C(C)CC)c2c(cc3c(C(C)C)cc4c5c(cc6c(C(C)C)cc2c3c64)C(C)(C)C2=C5NNC2)C1(C)C. The molecule has 0 saturated carbocycles. The van der Waals surface area contributed by atoms with Crippen LogP contribution in [0, 0.1) is 5.92 Å². The third-order valence-corrected chi connectivity index (χ3v) is 11.9. The Morgan fingerprint density at radius 3 is 1.84 bits per heavy atom. The molecule has 7 rings (SSSR count). The van der Waals surface area contributed by atoms with Crippen LogP contribution in [0.25, 0.3) is 43.6 Å². The van der Waals surface area contributed by atoms with Crippen LogP contribution in [-0.2, 0) is 10.8 Å². The molecule has 0 aromatic heterocycles. The Balaban J connectivity index is 1.75. The van der Waals surface area contributed by atoms with Crippen LogP contribution in [0.1, 0.15) is 141 Å². The predicted molar refractivity (Wildman–Crippen MR) is 193 cm³/mol. The van der Waals surface area contributed by atoms with Crippen molar-refractivity contribution in [3.63, 3.8) is 0 Å². The van der Waals surface area contributed by atoms with E-state index in [1.54, 1.807) is 5.57 Å². The van der Waals surface area contributed by atoms with Crippen molar-refractivity contribution in [1.29, 1.82) is 0 Å². The van der Waals surface area contributed by atoms with E-state index >= 15 is 0 Å². The number of rotatable bonds is 6. The highest BCUT2D eigenvalue weighted by molar-refractivity contribution is 6.29. The predicted octanol–water partition coefficient (Wildman–Crippen LogP) is 11.4. The Morgan fingerprint density at radius 2 is 1.32 bits per heavy atom. The maximum absolute atomic E-state index is 3.62.